The molecule has 0 unspecified atom stereocenters. The summed E-state index contributed by atoms with van der Waals surface area (Å²) in [5.41, 5.74) is 5.11. The van der Waals surface area contributed by atoms with E-state index in [1.165, 1.54) is 0 Å². The van der Waals surface area contributed by atoms with E-state index in [0.29, 0.717) is 6.04 Å². The first kappa shape index (κ1) is 3.96. The SMILES string of the molecule is CC(C)[15NH2]. The molecule has 0 radical (unpaired) electrons. The molecule has 0 aromatic heterocycles. The molecule has 0 atom stereocenters. The fourth-order valence-corrected chi connectivity index (χ4v) is 0. The second-order valence-electron chi connectivity index (χ2n) is 1.24. The van der Waals surface area contributed by atoms with Crippen LogP contribution in [0.25, 0.3) is 0 Å². The van der Waals surface area contributed by atoms with Crippen molar-refractivity contribution in [3.63, 3.8) is 0 Å². The first-order valence-electron chi connectivity index (χ1n) is 1.49. The molecule has 0 saturated heterocycles. The Morgan fingerprint density at radius 1 is 1.50 bits per heavy atom. The standard InChI is InChI=1S/C3H9N/c1-3(2)4/h3H,4H2,1-2H3/i4+1. The predicted octanol–water partition coefficient (Wildman–Crippen LogP) is 0.354. The predicted molar refractivity (Wildman–Crippen MR) is 19.3 cm³/mol. The molecule has 0 aliphatic rings. The Balaban J connectivity index is 2.32. The van der Waals surface area contributed by atoms with E-state index in [2.05, 4.69) is 0 Å². The molecule has 0 aliphatic heterocycles. The van der Waals surface area contributed by atoms with E-state index >= 15 is 0 Å². The lowest BCUT2D eigenvalue weighted by atomic mass is 10.5. The normalized spacial score (nSPS) is 9.00. The van der Waals surface area contributed by atoms with Crippen LogP contribution in [-0.4, -0.2) is 6.04 Å². The summed E-state index contributed by atoms with van der Waals surface area (Å²) in [6.07, 6.45) is 0. The Labute approximate surface area is 26.8 Å². The maximum absolute atomic E-state index is 5.11. The quantitative estimate of drug-likeness (QED) is 0.401. The molecule has 2 N–H and O–H groups in total. The van der Waals surface area contributed by atoms with Gasteiger partial charge in [0.05, 0.1) is 0 Å². The molecule has 0 heterocycles. The summed E-state index contributed by atoms with van der Waals surface area (Å²) in [6, 6.07) is 0.333. The topological polar surface area (TPSA) is 26.0 Å². The van der Waals surface area contributed by atoms with Crippen LogP contribution >= 0.6 is 0 Å². The molecule has 0 saturated carbocycles. The van der Waals surface area contributed by atoms with Gasteiger partial charge in [0.15, 0.2) is 0 Å². The third kappa shape index (κ3) is 1130. The van der Waals surface area contributed by atoms with Crippen molar-refractivity contribution in [2.75, 3.05) is 0 Å². The van der Waals surface area contributed by atoms with Gasteiger partial charge in [-0.25, -0.2) is 0 Å². The van der Waals surface area contributed by atoms with Gasteiger partial charge in [0.1, 0.15) is 0 Å². The molecule has 0 amide bonds. The van der Waals surface area contributed by atoms with E-state index in [4.69, 9.17) is 5.73 Å². The van der Waals surface area contributed by atoms with Crippen molar-refractivity contribution in [1.29, 1.82) is 0 Å². The fraction of sp³-hybridized carbons (Fsp3) is 1.00. The van der Waals surface area contributed by atoms with E-state index in [0.717, 1.165) is 0 Å². The van der Waals surface area contributed by atoms with Crippen LogP contribution in [-0.2, 0) is 0 Å². The van der Waals surface area contributed by atoms with Crippen LogP contribution in [0, 0.1) is 0 Å². The second-order valence-corrected chi connectivity index (χ2v) is 1.24. The molecule has 1 nitrogen and oxygen atoms in total. The molecule has 0 bridgehead atoms. The number of rotatable bonds is 0. The molecule has 0 spiro atoms. The Hall–Kier alpha value is -0.0400. The maximum atomic E-state index is 5.11. The Kier molecular flexibility index (Phi) is 1.28. The fourth-order valence-electron chi connectivity index (χ4n) is 0. The third-order valence-corrected chi connectivity index (χ3v) is 0. The van der Waals surface area contributed by atoms with Crippen molar-refractivity contribution < 1.29 is 0 Å². The molecule has 4 heavy (non-hydrogen) atoms. The van der Waals surface area contributed by atoms with Crippen molar-refractivity contribution >= 4 is 0 Å². The summed E-state index contributed by atoms with van der Waals surface area (Å²) in [4.78, 5) is 0. The Morgan fingerprint density at radius 3 is 1.50 bits per heavy atom. The zero-order chi connectivity index (χ0) is 3.58. The van der Waals surface area contributed by atoms with Crippen LogP contribution in [0.3, 0.4) is 0 Å². The molecular weight excluding hydrogens is 51.0 g/mol. The van der Waals surface area contributed by atoms with Gasteiger partial charge in [0.2, 0.25) is 0 Å². The van der Waals surface area contributed by atoms with Gasteiger partial charge >= 0.3 is 0 Å². The van der Waals surface area contributed by atoms with Crippen LogP contribution in [0.15, 0.2) is 0 Å². The first-order valence-corrected chi connectivity index (χ1v) is 1.49. The second kappa shape index (κ2) is 1.30. The molecule has 0 aromatic carbocycles. The molecular formula is C3H9N. The molecule has 0 rings (SSSR count). The smallest absolute Gasteiger partial charge is 0.00179 e. The van der Waals surface area contributed by atoms with E-state index in [-0.39, 0.29) is 0 Å². The van der Waals surface area contributed by atoms with Crippen molar-refractivity contribution in [2.24, 2.45) is 5.73 Å². The van der Waals surface area contributed by atoms with Gasteiger partial charge in [0, 0.05) is 0 Å². The molecule has 0 aromatic rings. The zero-order valence-corrected chi connectivity index (χ0v) is 3.15. The van der Waals surface area contributed by atoms with E-state index in [1.807, 2.05) is 13.8 Å². The Morgan fingerprint density at radius 2 is 1.50 bits per heavy atom. The summed E-state index contributed by atoms with van der Waals surface area (Å²) < 4.78 is 0. The van der Waals surface area contributed by atoms with Gasteiger partial charge in [0.25, 0.3) is 0 Å². The number of nitrogens with two attached hydrogens (primary N) is 1. The average molecular weight is 60.1 g/mol. The van der Waals surface area contributed by atoms with Crippen LogP contribution in [0.2, 0.25) is 0 Å². The highest BCUT2D eigenvalue weighted by Crippen LogP contribution is 1.58. The van der Waals surface area contributed by atoms with Gasteiger partial charge in [-0.3, -0.25) is 0 Å². The van der Waals surface area contributed by atoms with Crippen LogP contribution in [0.4, 0.5) is 0 Å². The summed E-state index contributed by atoms with van der Waals surface area (Å²) in [5, 5.41) is 0. The van der Waals surface area contributed by atoms with Gasteiger partial charge in [-0.2, -0.15) is 0 Å². The minimum absolute atomic E-state index is 0.333. The average Bonchev–Trinajstić information content (AvgIpc) is 0.811. The highest BCUT2D eigenvalue weighted by molar-refractivity contribution is 4.32. The van der Waals surface area contributed by atoms with E-state index in [9.17, 15) is 0 Å². The lowest BCUT2D eigenvalue weighted by Crippen LogP contribution is -2.06. The molecule has 26 valence electrons. The van der Waals surface area contributed by atoms with Gasteiger partial charge in [-0.1, -0.05) is 13.8 Å². The van der Waals surface area contributed by atoms with Gasteiger partial charge in [-0.05, 0) is 6.04 Å². The Bertz CT molecular complexity index is 8.00. The summed E-state index contributed by atoms with van der Waals surface area (Å²) >= 11 is 0. The monoisotopic (exact) mass is 60.1 g/mol. The van der Waals surface area contributed by atoms with Crippen molar-refractivity contribution in [1.82, 2.24) is 0 Å². The summed E-state index contributed by atoms with van der Waals surface area (Å²) in [7, 11) is 0. The molecule has 0 fully saturated rings. The van der Waals surface area contributed by atoms with Crippen molar-refractivity contribution in [3.8, 4) is 0 Å². The highest BCUT2D eigenvalue weighted by Gasteiger charge is 1.67. The maximum Gasteiger partial charge on any atom is -0.00179 e. The summed E-state index contributed by atoms with van der Waals surface area (Å²) in [6.45, 7) is 3.89. The first-order chi connectivity index (χ1) is 1.73. The molecule has 1 heteroatoms. The van der Waals surface area contributed by atoms with Crippen molar-refractivity contribution in [2.45, 2.75) is 19.9 Å². The molecule has 0 aliphatic carbocycles. The van der Waals surface area contributed by atoms with Crippen LogP contribution < -0.4 is 5.73 Å². The largest absolute Gasteiger partial charge is 0.328 e. The van der Waals surface area contributed by atoms with Gasteiger partial charge in [-0.15, -0.1) is 0 Å². The lowest BCUT2D eigenvalue weighted by molar-refractivity contribution is 0.834. The van der Waals surface area contributed by atoms with E-state index in [1.54, 1.807) is 0 Å². The summed E-state index contributed by atoms with van der Waals surface area (Å²) in [5.74, 6) is 0. The van der Waals surface area contributed by atoms with Crippen LogP contribution in [0.5, 0.6) is 0 Å². The third-order valence-electron chi connectivity index (χ3n) is 0. The van der Waals surface area contributed by atoms with Gasteiger partial charge < -0.3 is 5.73 Å². The van der Waals surface area contributed by atoms with E-state index < -0.39 is 0 Å². The lowest BCUT2D eigenvalue weighted by Gasteiger charge is -1.81. The minimum atomic E-state index is 0.333. The zero-order valence-electron chi connectivity index (χ0n) is 3.15. The van der Waals surface area contributed by atoms with Crippen LogP contribution in [0.1, 0.15) is 13.8 Å². The number of hydrogen-bond acceptors (Lipinski definition) is 1. The highest BCUT2D eigenvalue weighted by atomic mass is 15.4. The minimum Gasteiger partial charge on any atom is -0.328 e. The number of hydrogen-bond donors (Lipinski definition) is 1. The van der Waals surface area contributed by atoms with Crippen molar-refractivity contribution in [3.05, 3.63) is 0 Å².